The SMILES string of the molecule is CB(O)N[C@@H](C)C(=O)Nc1ccc(C)cc1. The molecule has 0 aliphatic heterocycles. The molecular weight excluding hydrogens is 203 g/mol. The fourth-order valence-corrected chi connectivity index (χ4v) is 1.32. The van der Waals surface area contributed by atoms with E-state index in [9.17, 15) is 4.79 Å². The van der Waals surface area contributed by atoms with E-state index >= 15 is 0 Å². The minimum absolute atomic E-state index is 0.162. The van der Waals surface area contributed by atoms with Gasteiger partial charge in [0.2, 0.25) is 5.91 Å². The van der Waals surface area contributed by atoms with Gasteiger partial charge in [-0.2, -0.15) is 0 Å². The van der Waals surface area contributed by atoms with E-state index in [2.05, 4.69) is 10.5 Å². The molecule has 5 heteroatoms. The third-order valence-electron chi connectivity index (χ3n) is 2.20. The Balaban J connectivity index is 2.54. The van der Waals surface area contributed by atoms with Crippen molar-refractivity contribution in [2.45, 2.75) is 26.7 Å². The van der Waals surface area contributed by atoms with Crippen LogP contribution in [0.15, 0.2) is 24.3 Å². The summed E-state index contributed by atoms with van der Waals surface area (Å²) >= 11 is 0. The second-order valence-electron chi connectivity index (χ2n) is 3.92. The van der Waals surface area contributed by atoms with Crippen LogP contribution in [0.2, 0.25) is 6.82 Å². The van der Waals surface area contributed by atoms with Crippen molar-refractivity contribution in [1.29, 1.82) is 0 Å². The van der Waals surface area contributed by atoms with E-state index in [1.54, 1.807) is 13.7 Å². The number of benzene rings is 1. The summed E-state index contributed by atoms with van der Waals surface area (Å²) < 4.78 is 0. The molecule has 0 bridgehead atoms. The van der Waals surface area contributed by atoms with Crippen LogP contribution >= 0.6 is 0 Å². The highest BCUT2D eigenvalue weighted by Gasteiger charge is 2.15. The highest BCUT2D eigenvalue weighted by Crippen LogP contribution is 2.08. The van der Waals surface area contributed by atoms with Crippen molar-refractivity contribution in [2.24, 2.45) is 0 Å². The minimum atomic E-state index is -0.696. The second-order valence-corrected chi connectivity index (χ2v) is 3.92. The summed E-state index contributed by atoms with van der Waals surface area (Å²) in [4.78, 5) is 11.6. The predicted molar refractivity (Wildman–Crippen MR) is 66.2 cm³/mol. The highest BCUT2D eigenvalue weighted by molar-refractivity contribution is 6.46. The maximum absolute atomic E-state index is 11.6. The summed E-state index contributed by atoms with van der Waals surface area (Å²) in [6.45, 7) is 5.27. The first-order valence-corrected chi connectivity index (χ1v) is 5.30. The van der Waals surface area contributed by atoms with Crippen LogP contribution in [0.3, 0.4) is 0 Å². The van der Waals surface area contributed by atoms with E-state index in [4.69, 9.17) is 5.02 Å². The molecule has 0 radical (unpaired) electrons. The number of hydrogen-bond donors (Lipinski definition) is 3. The second kappa shape index (κ2) is 5.68. The van der Waals surface area contributed by atoms with Gasteiger partial charge in [0.15, 0.2) is 0 Å². The maximum atomic E-state index is 11.6. The number of anilines is 1. The normalized spacial score (nSPS) is 12.0. The van der Waals surface area contributed by atoms with Crippen LogP contribution in [0.1, 0.15) is 12.5 Å². The van der Waals surface area contributed by atoms with Crippen LogP contribution < -0.4 is 10.5 Å². The predicted octanol–water partition coefficient (Wildman–Crippen LogP) is 1.02. The van der Waals surface area contributed by atoms with Crippen LogP contribution in [-0.2, 0) is 4.79 Å². The van der Waals surface area contributed by atoms with Gasteiger partial charge < -0.3 is 15.6 Å². The molecule has 0 saturated heterocycles. The van der Waals surface area contributed by atoms with Gasteiger partial charge in [-0.15, -0.1) is 0 Å². The van der Waals surface area contributed by atoms with E-state index in [-0.39, 0.29) is 5.91 Å². The van der Waals surface area contributed by atoms with Crippen LogP contribution in [-0.4, -0.2) is 24.0 Å². The monoisotopic (exact) mass is 220 g/mol. The molecule has 0 fully saturated rings. The molecule has 0 unspecified atom stereocenters. The zero-order valence-electron chi connectivity index (χ0n) is 9.82. The zero-order chi connectivity index (χ0) is 12.1. The number of carbonyl (C=O) groups excluding carboxylic acids is 1. The van der Waals surface area contributed by atoms with Crippen LogP contribution in [0.4, 0.5) is 5.69 Å². The van der Waals surface area contributed by atoms with Crippen LogP contribution in [0.25, 0.3) is 0 Å². The van der Waals surface area contributed by atoms with Crippen molar-refractivity contribution >= 4 is 18.6 Å². The molecule has 86 valence electrons. The van der Waals surface area contributed by atoms with Crippen LogP contribution in [0, 0.1) is 6.92 Å². The van der Waals surface area contributed by atoms with Gasteiger partial charge in [-0.3, -0.25) is 4.79 Å². The van der Waals surface area contributed by atoms with E-state index < -0.39 is 13.1 Å². The van der Waals surface area contributed by atoms with E-state index in [0.717, 1.165) is 11.3 Å². The van der Waals surface area contributed by atoms with Gasteiger partial charge in [0.1, 0.15) is 0 Å². The largest absolute Gasteiger partial charge is 0.437 e. The molecule has 0 aliphatic rings. The smallest absolute Gasteiger partial charge is 0.374 e. The van der Waals surface area contributed by atoms with Crippen molar-refractivity contribution in [3.05, 3.63) is 29.8 Å². The Labute approximate surface area is 96.2 Å². The Morgan fingerprint density at radius 1 is 1.38 bits per heavy atom. The fraction of sp³-hybridized carbons (Fsp3) is 0.364. The lowest BCUT2D eigenvalue weighted by molar-refractivity contribution is -0.117. The van der Waals surface area contributed by atoms with Gasteiger partial charge in [0.05, 0.1) is 6.04 Å². The van der Waals surface area contributed by atoms with Crippen molar-refractivity contribution in [3.8, 4) is 0 Å². The summed E-state index contributed by atoms with van der Waals surface area (Å²) in [5.74, 6) is -0.162. The molecule has 0 spiro atoms. The number of nitrogens with one attached hydrogen (secondary N) is 2. The van der Waals surface area contributed by atoms with Crippen LogP contribution in [0.5, 0.6) is 0 Å². The zero-order valence-corrected chi connectivity index (χ0v) is 9.82. The van der Waals surface area contributed by atoms with Gasteiger partial charge in [-0.1, -0.05) is 17.7 Å². The average molecular weight is 220 g/mol. The first-order valence-electron chi connectivity index (χ1n) is 5.30. The first-order chi connectivity index (χ1) is 7.49. The lowest BCUT2D eigenvalue weighted by Crippen LogP contribution is -2.45. The molecule has 0 aliphatic carbocycles. The standard InChI is InChI=1S/C11H17BN2O2/c1-8-4-6-10(7-5-8)13-11(15)9(2)14-12(3)16/h4-7,9,14,16H,1-3H3,(H,13,15)/t9-/m0/s1. The topological polar surface area (TPSA) is 61.4 Å². The Morgan fingerprint density at radius 3 is 2.44 bits per heavy atom. The number of aryl methyl sites for hydroxylation is 1. The molecule has 1 rings (SSSR count). The molecule has 16 heavy (non-hydrogen) atoms. The van der Waals surface area contributed by atoms with Crippen molar-refractivity contribution in [3.63, 3.8) is 0 Å². The van der Waals surface area contributed by atoms with Crippen molar-refractivity contribution in [1.82, 2.24) is 5.23 Å². The molecule has 3 N–H and O–H groups in total. The molecular formula is C11H17BN2O2. The summed E-state index contributed by atoms with van der Waals surface area (Å²) in [5.41, 5.74) is 1.91. The summed E-state index contributed by atoms with van der Waals surface area (Å²) in [6.07, 6.45) is 0. The maximum Gasteiger partial charge on any atom is 0.374 e. The molecule has 0 heterocycles. The first kappa shape index (κ1) is 12.7. The van der Waals surface area contributed by atoms with Gasteiger partial charge in [-0.25, -0.2) is 0 Å². The quantitative estimate of drug-likeness (QED) is 0.664. The third-order valence-corrected chi connectivity index (χ3v) is 2.20. The Hall–Kier alpha value is -1.33. The molecule has 4 nitrogen and oxygen atoms in total. The summed E-state index contributed by atoms with van der Waals surface area (Å²) in [5, 5.41) is 14.6. The van der Waals surface area contributed by atoms with Gasteiger partial charge >= 0.3 is 7.05 Å². The average Bonchev–Trinajstić information content (AvgIpc) is 2.20. The van der Waals surface area contributed by atoms with Gasteiger partial charge in [0.25, 0.3) is 0 Å². The lowest BCUT2D eigenvalue weighted by Gasteiger charge is -2.14. The Morgan fingerprint density at radius 2 is 1.94 bits per heavy atom. The number of hydrogen-bond acceptors (Lipinski definition) is 3. The highest BCUT2D eigenvalue weighted by atomic mass is 16.2. The fourth-order valence-electron chi connectivity index (χ4n) is 1.32. The lowest BCUT2D eigenvalue weighted by atomic mass is 9.87. The van der Waals surface area contributed by atoms with E-state index in [1.807, 2.05) is 31.2 Å². The molecule has 1 aromatic carbocycles. The summed E-state index contributed by atoms with van der Waals surface area (Å²) in [7, 11) is -0.696. The van der Waals surface area contributed by atoms with E-state index in [1.165, 1.54) is 0 Å². The van der Waals surface area contributed by atoms with E-state index in [0.29, 0.717) is 0 Å². The molecule has 1 atom stereocenters. The molecule has 1 amide bonds. The van der Waals surface area contributed by atoms with Gasteiger partial charge in [0, 0.05) is 5.69 Å². The molecule has 1 aromatic rings. The molecule has 0 aromatic heterocycles. The Bertz CT molecular complexity index is 352. The minimum Gasteiger partial charge on any atom is -0.437 e. The molecule has 0 saturated carbocycles. The van der Waals surface area contributed by atoms with Gasteiger partial charge in [-0.05, 0) is 32.8 Å². The number of amides is 1. The van der Waals surface area contributed by atoms with Crippen molar-refractivity contribution < 1.29 is 9.82 Å². The number of rotatable bonds is 4. The van der Waals surface area contributed by atoms with Crippen molar-refractivity contribution in [2.75, 3.05) is 5.32 Å². The number of carbonyl (C=O) groups is 1. The summed E-state index contributed by atoms with van der Waals surface area (Å²) in [6, 6.07) is 7.14. The third kappa shape index (κ3) is 4.04. The Kier molecular flexibility index (Phi) is 4.52.